The van der Waals surface area contributed by atoms with Crippen LogP contribution in [0.1, 0.15) is 27.6 Å². The highest BCUT2D eigenvalue weighted by atomic mass is 16.2. The van der Waals surface area contributed by atoms with E-state index in [1.54, 1.807) is 49.6 Å². The molecule has 0 aliphatic rings. The van der Waals surface area contributed by atoms with E-state index in [9.17, 15) is 14.4 Å². The van der Waals surface area contributed by atoms with Crippen molar-refractivity contribution in [2.24, 2.45) is 7.05 Å². The lowest BCUT2D eigenvalue weighted by atomic mass is 10.1. The number of hydrogen-bond acceptors (Lipinski definition) is 4. The van der Waals surface area contributed by atoms with E-state index >= 15 is 0 Å². The number of nitrogens with one attached hydrogen (secondary N) is 1. The second-order valence-corrected chi connectivity index (χ2v) is 5.43. The van der Waals surface area contributed by atoms with Crippen LogP contribution in [0.4, 0.5) is 5.69 Å². The summed E-state index contributed by atoms with van der Waals surface area (Å²) in [5, 5.41) is 3.36. The van der Waals surface area contributed by atoms with Gasteiger partial charge in [0, 0.05) is 29.9 Å². The number of nitrogens with zero attached hydrogens (tertiary/aromatic N) is 2. The van der Waals surface area contributed by atoms with Gasteiger partial charge in [0.15, 0.2) is 5.78 Å². The lowest BCUT2D eigenvalue weighted by Crippen LogP contribution is -2.28. The summed E-state index contributed by atoms with van der Waals surface area (Å²) < 4.78 is 1.34. The Morgan fingerprint density at radius 2 is 1.92 bits per heavy atom. The molecule has 3 rings (SSSR count). The Morgan fingerprint density at radius 3 is 2.67 bits per heavy atom. The van der Waals surface area contributed by atoms with Gasteiger partial charge in [-0.05, 0) is 37.3 Å². The van der Waals surface area contributed by atoms with Crippen LogP contribution in [0.5, 0.6) is 0 Å². The second kappa shape index (κ2) is 6.08. The molecule has 24 heavy (non-hydrogen) atoms. The lowest BCUT2D eigenvalue weighted by Gasteiger charge is -2.09. The average molecular weight is 321 g/mol. The fourth-order valence-electron chi connectivity index (χ4n) is 2.47. The topological polar surface area (TPSA) is 81.1 Å². The summed E-state index contributed by atoms with van der Waals surface area (Å²) >= 11 is 0. The molecule has 0 saturated heterocycles. The van der Waals surface area contributed by atoms with Crippen molar-refractivity contribution >= 4 is 28.4 Å². The fourth-order valence-corrected chi connectivity index (χ4v) is 2.47. The maximum absolute atomic E-state index is 12.5. The number of ketones is 1. The molecule has 3 aromatic rings. The molecule has 120 valence electrons. The van der Waals surface area contributed by atoms with Gasteiger partial charge in [0.1, 0.15) is 11.2 Å². The molecule has 0 saturated carbocycles. The van der Waals surface area contributed by atoms with E-state index in [0.717, 1.165) is 0 Å². The monoisotopic (exact) mass is 321 g/mol. The van der Waals surface area contributed by atoms with Crippen LogP contribution in [0, 0.1) is 0 Å². The summed E-state index contributed by atoms with van der Waals surface area (Å²) in [4.78, 5) is 40.5. The van der Waals surface area contributed by atoms with Gasteiger partial charge in [0.05, 0.1) is 0 Å². The van der Waals surface area contributed by atoms with Gasteiger partial charge in [-0.3, -0.25) is 19.0 Å². The van der Waals surface area contributed by atoms with E-state index in [4.69, 9.17) is 0 Å². The molecule has 6 nitrogen and oxygen atoms in total. The summed E-state index contributed by atoms with van der Waals surface area (Å²) in [6, 6.07) is 11.6. The standard InChI is InChI=1S/C18H15N3O3/c1-11(22)12-5-3-7-14(9-12)20-17(23)15-10-13-6-4-8-19-16(13)21(2)18(15)24/h3-10H,1-2H3,(H,20,23). The molecule has 0 aliphatic carbocycles. The third-order valence-corrected chi connectivity index (χ3v) is 3.74. The highest BCUT2D eigenvalue weighted by Gasteiger charge is 2.15. The highest BCUT2D eigenvalue weighted by Crippen LogP contribution is 2.14. The molecule has 2 aromatic heterocycles. The highest BCUT2D eigenvalue weighted by molar-refractivity contribution is 6.06. The second-order valence-electron chi connectivity index (χ2n) is 5.43. The number of fused-ring (bicyclic) bond motifs is 1. The van der Waals surface area contributed by atoms with Crippen molar-refractivity contribution < 1.29 is 9.59 Å². The minimum absolute atomic E-state index is 0.0197. The van der Waals surface area contributed by atoms with Crippen molar-refractivity contribution in [2.45, 2.75) is 6.92 Å². The number of pyridine rings is 2. The van der Waals surface area contributed by atoms with Crippen LogP contribution in [-0.4, -0.2) is 21.2 Å². The van der Waals surface area contributed by atoms with E-state index in [-0.39, 0.29) is 11.3 Å². The summed E-state index contributed by atoms with van der Waals surface area (Å²) in [5.74, 6) is -0.624. The minimum Gasteiger partial charge on any atom is -0.322 e. The average Bonchev–Trinajstić information content (AvgIpc) is 2.58. The van der Waals surface area contributed by atoms with Gasteiger partial charge in [-0.2, -0.15) is 0 Å². The molecule has 2 heterocycles. The van der Waals surface area contributed by atoms with E-state index in [1.807, 2.05) is 0 Å². The first kappa shape index (κ1) is 15.6. The Balaban J connectivity index is 2.00. The largest absolute Gasteiger partial charge is 0.322 e. The number of Topliss-reactive ketones (excluding diaryl/α,β-unsaturated/α-hetero) is 1. The van der Waals surface area contributed by atoms with Crippen LogP contribution >= 0.6 is 0 Å². The third kappa shape index (κ3) is 2.81. The molecule has 1 amide bonds. The van der Waals surface area contributed by atoms with Crippen LogP contribution in [0.3, 0.4) is 0 Å². The van der Waals surface area contributed by atoms with Gasteiger partial charge in [0.2, 0.25) is 0 Å². The van der Waals surface area contributed by atoms with Crippen LogP contribution in [0.25, 0.3) is 11.0 Å². The number of amides is 1. The van der Waals surface area contributed by atoms with Gasteiger partial charge in [-0.25, -0.2) is 4.98 Å². The Labute approximate surface area is 137 Å². The van der Waals surface area contributed by atoms with Crippen molar-refractivity contribution in [2.75, 3.05) is 5.32 Å². The van der Waals surface area contributed by atoms with E-state index in [2.05, 4.69) is 10.3 Å². The van der Waals surface area contributed by atoms with Gasteiger partial charge >= 0.3 is 0 Å². The lowest BCUT2D eigenvalue weighted by molar-refractivity contribution is 0.101. The Morgan fingerprint density at radius 1 is 1.12 bits per heavy atom. The number of aryl methyl sites for hydroxylation is 1. The normalized spacial score (nSPS) is 10.6. The van der Waals surface area contributed by atoms with Gasteiger partial charge < -0.3 is 5.32 Å². The summed E-state index contributed by atoms with van der Waals surface area (Å²) in [5.41, 5.74) is 1.05. The molecule has 0 fully saturated rings. The Hall–Kier alpha value is -3.28. The molecule has 1 aromatic carbocycles. The zero-order valence-corrected chi connectivity index (χ0v) is 13.2. The number of anilines is 1. The fraction of sp³-hybridized carbons (Fsp3) is 0.111. The van der Waals surface area contributed by atoms with Gasteiger partial charge in [-0.15, -0.1) is 0 Å². The predicted octanol–water partition coefficient (Wildman–Crippen LogP) is 2.39. The van der Waals surface area contributed by atoms with E-state index in [1.165, 1.54) is 17.6 Å². The quantitative estimate of drug-likeness (QED) is 0.751. The van der Waals surface area contributed by atoms with Crippen LogP contribution in [-0.2, 0) is 7.05 Å². The van der Waals surface area contributed by atoms with Crippen molar-refractivity contribution in [3.63, 3.8) is 0 Å². The molecule has 0 aliphatic heterocycles. The summed E-state index contributed by atoms with van der Waals surface area (Å²) in [6.07, 6.45) is 1.59. The molecule has 1 N–H and O–H groups in total. The van der Waals surface area contributed by atoms with Crippen LogP contribution in [0.2, 0.25) is 0 Å². The van der Waals surface area contributed by atoms with E-state index < -0.39 is 11.5 Å². The first-order chi connectivity index (χ1) is 11.5. The van der Waals surface area contributed by atoms with E-state index in [0.29, 0.717) is 22.3 Å². The van der Waals surface area contributed by atoms with Gasteiger partial charge in [-0.1, -0.05) is 12.1 Å². The van der Waals surface area contributed by atoms with Crippen molar-refractivity contribution in [1.29, 1.82) is 0 Å². The molecule has 6 heteroatoms. The Bertz CT molecular complexity index is 1020. The smallest absolute Gasteiger partial charge is 0.264 e. The minimum atomic E-state index is -0.526. The van der Waals surface area contributed by atoms with Gasteiger partial charge in [0.25, 0.3) is 11.5 Å². The number of benzene rings is 1. The third-order valence-electron chi connectivity index (χ3n) is 3.74. The molecule has 0 atom stereocenters. The maximum atomic E-state index is 12.5. The molecular weight excluding hydrogens is 306 g/mol. The maximum Gasteiger partial charge on any atom is 0.264 e. The zero-order chi connectivity index (χ0) is 17.3. The first-order valence-corrected chi connectivity index (χ1v) is 7.34. The molecule has 0 spiro atoms. The van der Waals surface area contributed by atoms with Crippen LogP contribution in [0.15, 0.2) is 53.5 Å². The number of carbonyl (C=O) groups excluding carboxylic acids is 2. The van der Waals surface area contributed by atoms with Crippen molar-refractivity contribution in [3.8, 4) is 0 Å². The molecular formula is C18H15N3O3. The number of rotatable bonds is 3. The van der Waals surface area contributed by atoms with Crippen LogP contribution < -0.4 is 10.9 Å². The molecule has 0 radical (unpaired) electrons. The molecule has 0 bridgehead atoms. The predicted molar refractivity (Wildman–Crippen MR) is 91.4 cm³/mol. The Kier molecular flexibility index (Phi) is 3.95. The van der Waals surface area contributed by atoms with Crippen molar-refractivity contribution in [1.82, 2.24) is 9.55 Å². The number of carbonyl (C=O) groups is 2. The summed E-state index contributed by atoms with van der Waals surface area (Å²) in [6.45, 7) is 1.45. The molecule has 0 unspecified atom stereocenters. The van der Waals surface area contributed by atoms with Crippen molar-refractivity contribution in [3.05, 3.63) is 70.1 Å². The number of aromatic nitrogens is 2. The SMILES string of the molecule is CC(=O)c1cccc(NC(=O)c2cc3cccnc3n(C)c2=O)c1. The number of hydrogen-bond donors (Lipinski definition) is 1. The summed E-state index contributed by atoms with van der Waals surface area (Å²) in [7, 11) is 1.57. The first-order valence-electron chi connectivity index (χ1n) is 7.34. The zero-order valence-electron chi connectivity index (χ0n) is 13.2.